The summed E-state index contributed by atoms with van der Waals surface area (Å²) in [6, 6.07) is 18.4. The van der Waals surface area contributed by atoms with Crippen LogP contribution in [0.5, 0.6) is 17.2 Å². The van der Waals surface area contributed by atoms with Crippen molar-refractivity contribution in [3.63, 3.8) is 0 Å². The number of hydrogen-bond acceptors (Lipinski definition) is 6. The van der Waals surface area contributed by atoms with Gasteiger partial charge in [-0.25, -0.2) is 9.37 Å². The molecule has 0 fully saturated rings. The van der Waals surface area contributed by atoms with E-state index in [4.69, 9.17) is 19.2 Å². The number of fused-ring (bicyclic) bond motifs is 1. The summed E-state index contributed by atoms with van der Waals surface area (Å²) in [5.74, 6) is 1.89. The molecule has 0 aliphatic carbocycles. The largest absolute Gasteiger partial charge is 0.493 e. The smallest absolute Gasteiger partial charge is 0.266 e. The molecular weight excluding hydrogens is 431 g/mol. The van der Waals surface area contributed by atoms with Crippen LogP contribution in [0.2, 0.25) is 0 Å². The Bertz CT molecular complexity index is 1290. The monoisotopic (exact) mass is 452 g/mol. The Morgan fingerprint density at radius 1 is 0.969 bits per heavy atom. The first kappa shape index (κ1) is 21.7. The number of ether oxygens (including phenoxy) is 3. The maximum Gasteiger partial charge on any atom is 0.266 e. The highest BCUT2D eigenvalue weighted by Gasteiger charge is 2.15. The van der Waals surface area contributed by atoms with Gasteiger partial charge in [-0.1, -0.05) is 23.9 Å². The number of benzene rings is 3. The van der Waals surface area contributed by atoms with Crippen molar-refractivity contribution in [3.05, 3.63) is 82.9 Å². The van der Waals surface area contributed by atoms with E-state index in [0.29, 0.717) is 51.4 Å². The predicted molar refractivity (Wildman–Crippen MR) is 123 cm³/mol. The zero-order valence-corrected chi connectivity index (χ0v) is 18.4. The summed E-state index contributed by atoms with van der Waals surface area (Å²) in [6.07, 6.45) is 0. The quantitative estimate of drug-likeness (QED) is 0.219. The maximum absolute atomic E-state index is 13.4. The Kier molecular flexibility index (Phi) is 6.61. The summed E-state index contributed by atoms with van der Waals surface area (Å²) in [5.41, 5.74) is 1.06. The molecule has 0 aliphatic rings. The fraction of sp³-hybridized carbons (Fsp3) is 0.167. The normalized spacial score (nSPS) is 10.8. The lowest BCUT2D eigenvalue weighted by atomic mass is 10.2. The molecule has 0 saturated carbocycles. The van der Waals surface area contributed by atoms with Crippen LogP contribution in [0.1, 0.15) is 0 Å². The molecule has 0 saturated heterocycles. The number of aromatic nitrogens is 2. The molecule has 3 aromatic carbocycles. The van der Waals surface area contributed by atoms with E-state index < -0.39 is 0 Å². The minimum atomic E-state index is -0.314. The highest BCUT2D eigenvalue weighted by atomic mass is 32.2. The lowest BCUT2D eigenvalue weighted by Crippen LogP contribution is -2.22. The van der Waals surface area contributed by atoms with Crippen molar-refractivity contribution in [1.29, 1.82) is 0 Å². The van der Waals surface area contributed by atoms with E-state index in [1.54, 1.807) is 55.2 Å². The van der Waals surface area contributed by atoms with Crippen LogP contribution in [0, 0.1) is 5.82 Å². The van der Waals surface area contributed by atoms with Crippen LogP contribution >= 0.6 is 11.8 Å². The molecular formula is C24H21FN2O4S. The minimum absolute atomic E-state index is 0.176. The number of methoxy groups -OCH3 is 2. The molecule has 4 rings (SSSR count). The standard InChI is InChI=1S/C24H21FN2O4S/c1-29-21-12-9-17(15-22(21)30-2)27-23(28)19-5-3-4-6-20(19)26-24(27)32-14-13-31-18-10-7-16(25)8-11-18/h3-12,15H,13-14H2,1-2H3. The van der Waals surface area contributed by atoms with E-state index in [-0.39, 0.29) is 11.4 Å². The molecule has 0 atom stereocenters. The predicted octanol–water partition coefficient (Wildman–Crippen LogP) is 4.71. The van der Waals surface area contributed by atoms with Gasteiger partial charge in [0.25, 0.3) is 5.56 Å². The summed E-state index contributed by atoms with van der Waals surface area (Å²) in [4.78, 5) is 18.1. The lowest BCUT2D eigenvalue weighted by Gasteiger charge is -2.15. The zero-order chi connectivity index (χ0) is 22.5. The molecule has 1 heterocycles. The molecule has 0 aliphatic heterocycles. The minimum Gasteiger partial charge on any atom is -0.493 e. The first-order valence-corrected chi connectivity index (χ1v) is 10.8. The molecule has 0 amide bonds. The fourth-order valence-corrected chi connectivity index (χ4v) is 4.05. The maximum atomic E-state index is 13.4. The molecule has 1 aromatic heterocycles. The Balaban J connectivity index is 1.66. The van der Waals surface area contributed by atoms with Crippen LogP contribution in [0.3, 0.4) is 0 Å². The molecule has 0 spiro atoms. The number of para-hydroxylation sites is 1. The van der Waals surface area contributed by atoms with E-state index in [0.717, 1.165) is 0 Å². The van der Waals surface area contributed by atoms with Gasteiger partial charge in [-0.3, -0.25) is 9.36 Å². The van der Waals surface area contributed by atoms with Crippen LogP contribution in [-0.2, 0) is 0 Å². The van der Waals surface area contributed by atoms with Gasteiger partial charge in [0, 0.05) is 11.8 Å². The van der Waals surface area contributed by atoms with E-state index in [9.17, 15) is 9.18 Å². The van der Waals surface area contributed by atoms with Crippen LogP contribution in [0.4, 0.5) is 4.39 Å². The third kappa shape index (κ3) is 4.55. The van der Waals surface area contributed by atoms with Crippen LogP contribution in [0.15, 0.2) is 76.7 Å². The van der Waals surface area contributed by atoms with Gasteiger partial charge < -0.3 is 14.2 Å². The molecule has 8 heteroatoms. The number of nitrogens with zero attached hydrogens (tertiary/aromatic N) is 2. The second-order valence-corrected chi connectivity index (χ2v) is 7.80. The summed E-state index contributed by atoms with van der Waals surface area (Å²) < 4.78 is 31.0. The summed E-state index contributed by atoms with van der Waals surface area (Å²) in [6.45, 7) is 0.366. The molecule has 164 valence electrons. The van der Waals surface area contributed by atoms with Crippen molar-refractivity contribution in [3.8, 4) is 22.9 Å². The van der Waals surface area contributed by atoms with Crippen LogP contribution in [0.25, 0.3) is 16.6 Å². The van der Waals surface area contributed by atoms with Gasteiger partial charge in [-0.15, -0.1) is 0 Å². The number of rotatable bonds is 8. The first-order chi connectivity index (χ1) is 15.6. The van der Waals surface area contributed by atoms with Crippen molar-refractivity contribution in [2.24, 2.45) is 0 Å². The first-order valence-electron chi connectivity index (χ1n) is 9.86. The molecule has 0 bridgehead atoms. The summed E-state index contributed by atoms with van der Waals surface area (Å²) in [7, 11) is 3.11. The number of halogens is 1. The van der Waals surface area contributed by atoms with Crippen molar-refractivity contribution >= 4 is 22.7 Å². The average Bonchev–Trinajstić information content (AvgIpc) is 2.82. The summed E-state index contributed by atoms with van der Waals surface area (Å²) >= 11 is 1.40. The molecule has 4 aromatic rings. The second kappa shape index (κ2) is 9.74. The molecule has 0 N–H and O–H groups in total. The van der Waals surface area contributed by atoms with Crippen molar-refractivity contribution in [1.82, 2.24) is 9.55 Å². The van der Waals surface area contributed by atoms with Crippen molar-refractivity contribution in [2.75, 3.05) is 26.6 Å². The third-order valence-electron chi connectivity index (χ3n) is 4.77. The van der Waals surface area contributed by atoms with Crippen molar-refractivity contribution in [2.45, 2.75) is 5.16 Å². The molecule has 0 unspecified atom stereocenters. The molecule has 0 radical (unpaired) electrons. The second-order valence-electron chi connectivity index (χ2n) is 6.74. The summed E-state index contributed by atoms with van der Waals surface area (Å²) in [5, 5.41) is 1.05. The Hall–Kier alpha value is -3.52. The van der Waals surface area contributed by atoms with Gasteiger partial charge in [0.2, 0.25) is 0 Å². The van der Waals surface area contributed by atoms with E-state index in [1.807, 2.05) is 18.2 Å². The number of hydrogen-bond donors (Lipinski definition) is 0. The Labute approximate surface area is 188 Å². The average molecular weight is 453 g/mol. The van der Waals surface area contributed by atoms with Gasteiger partial charge in [0.05, 0.1) is 37.4 Å². The topological polar surface area (TPSA) is 62.6 Å². The highest BCUT2D eigenvalue weighted by molar-refractivity contribution is 7.99. The molecule has 6 nitrogen and oxygen atoms in total. The van der Waals surface area contributed by atoms with Crippen LogP contribution in [-0.4, -0.2) is 36.1 Å². The van der Waals surface area contributed by atoms with Crippen molar-refractivity contribution < 1.29 is 18.6 Å². The zero-order valence-electron chi connectivity index (χ0n) is 17.6. The van der Waals surface area contributed by atoms with E-state index in [2.05, 4.69) is 0 Å². The van der Waals surface area contributed by atoms with Gasteiger partial charge in [-0.05, 0) is 48.5 Å². The van der Waals surface area contributed by atoms with E-state index in [1.165, 1.54) is 23.9 Å². The number of thioether (sulfide) groups is 1. The molecule has 32 heavy (non-hydrogen) atoms. The van der Waals surface area contributed by atoms with Gasteiger partial charge in [0.1, 0.15) is 11.6 Å². The fourth-order valence-electron chi connectivity index (χ4n) is 3.22. The highest BCUT2D eigenvalue weighted by Crippen LogP contribution is 2.30. The van der Waals surface area contributed by atoms with Crippen LogP contribution < -0.4 is 19.8 Å². The van der Waals surface area contributed by atoms with E-state index >= 15 is 0 Å². The lowest BCUT2D eigenvalue weighted by molar-refractivity contribution is 0.343. The third-order valence-corrected chi connectivity index (χ3v) is 5.67. The Morgan fingerprint density at radius 2 is 1.72 bits per heavy atom. The SMILES string of the molecule is COc1ccc(-n2c(SCCOc3ccc(F)cc3)nc3ccccc3c2=O)cc1OC. The van der Waals surface area contributed by atoms with Gasteiger partial charge in [0.15, 0.2) is 16.7 Å². The van der Waals surface area contributed by atoms with Gasteiger partial charge in [-0.2, -0.15) is 0 Å². The van der Waals surface area contributed by atoms with Gasteiger partial charge >= 0.3 is 0 Å². The Morgan fingerprint density at radius 3 is 2.47 bits per heavy atom.